The molecule has 7 heteroatoms. The van der Waals surface area contributed by atoms with Crippen molar-refractivity contribution in [2.24, 2.45) is 0 Å². The summed E-state index contributed by atoms with van der Waals surface area (Å²) in [6.45, 7) is 4.03. The van der Waals surface area contributed by atoms with E-state index in [1.165, 1.54) is 11.3 Å². The van der Waals surface area contributed by atoms with Crippen LogP contribution in [0.2, 0.25) is 0 Å². The van der Waals surface area contributed by atoms with Crippen LogP contribution in [0.4, 0.5) is 5.13 Å². The number of hydrogen-bond donors (Lipinski definition) is 1. The first-order valence-corrected chi connectivity index (χ1v) is 8.29. The number of nitrogens with zero attached hydrogens (tertiary/aromatic N) is 3. The second-order valence-electron chi connectivity index (χ2n) is 4.98. The van der Waals surface area contributed by atoms with Crippen molar-refractivity contribution < 1.29 is 9.53 Å². The van der Waals surface area contributed by atoms with Gasteiger partial charge in [0.15, 0.2) is 5.13 Å². The van der Waals surface area contributed by atoms with Crippen molar-refractivity contribution in [1.82, 2.24) is 15.0 Å². The molecule has 0 saturated heterocycles. The Bertz CT molecular complexity index is 849. The number of aryl methyl sites for hydroxylation is 2. The smallest absolute Gasteiger partial charge is 0.262 e. The van der Waals surface area contributed by atoms with Crippen LogP contribution in [0.5, 0.6) is 11.6 Å². The van der Waals surface area contributed by atoms with Crippen molar-refractivity contribution in [2.75, 3.05) is 5.32 Å². The second-order valence-corrected chi connectivity index (χ2v) is 6.18. The Labute approximate surface area is 143 Å². The molecule has 0 aromatic carbocycles. The molecule has 0 spiro atoms. The molecule has 6 nitrogen and oxygen atoms in total. The summed E-state index contributed by atoms with van der Waals surface area (Å²) in [5.74, 6) is 0.439. The van der Waals surface area contributed by atoms with Gasteiger partial charge in [-0.25, -0.2) is 9.97 Å². The van der Waals surface area contributed by atoms with Crippen LogP contribution in [0.25, 0.3) is 0 Å². The molecule has 3 aromatic heterocycles. The van der Waals surface area contributed by atoms with E-state index in [1.54, 1.807) is 42.9 Å². The monoisotopic (exact) mass is 340 g/mol. The zero-order valence-electron chi connectivity index (χ0n) is 13.3. The van der Waals surface area contributed by atoms with E-state index in [0.717, 1.165) is 17.0 Å². The third kappa shape index (κ3) is 3.57. The molecule has 0 unspecified atom stereocenters. The molecule has 3 rings (SSSR count). The highest BCUT2D eigenvalue weighted by molar-refractivity contribution is 7.15. The van der Waals surface area contributed by atoms with Crippen LogP contribution in [0.1, 0.15) is 27.9 Å². The van der Waals surface area contributed by atoms with E-state index in [4.69, 9.17) is 4.74 Å². The molecule has 1 N–H and O–H groups in total. The molecule has 122 valence electrons. The number of rotatable bonds is 5. The number of nitrogens with one attached hydrogen (secondary N) is 1. The van der Waals surface area contributed by atoms with Gasteiger partial charge < -0.3 is 4.74 Å². The predicted octanol–water partition coefficient (Wildman–Crippen LogP) is 3.85. The van der Waals surface area contributed by atoms with E-state index < -0.39 is 0 Å². The van der Waals surface area contributed by atoms with E-state index in [0.29, 0.717) is 16.4 Å². The highest BCUT2D eigenvalue weighted by Gasteiger charge is 2.16. The molecule has 24 heavy (non-hydrogen) atoms. The molecule has 0 aliphatic carbocycles. The number of anilines is 1. The van der Waals surface area contributed by atoms with Crippen LogP contribution < -0.4 is 10.1 Å². The quantitative estimate of drug-likeness (QED) is 0.763. The number of aromatic nitrogens is 3. The van der Waals surface area contributed by atoms with E-state index in [-0.39, 0.29) is 11.8 Å². The van der Waals surface area contributed by atoms with Gasteiger partial charge in [-0.2, -0.15) is 0 Å². The fourth-order valence-electron chi connectivity index (χ4n) is 2.14. The summed E-state index contributed by atoms with van der Waals surface area (Å²) in [4.78, 5) is 26.2. The fourth-order valence-corrected chi connectivity index (χ4v) is 3.04. The van der Waals surface area contributed by atoms with Gasteiger partial charge in [0.2, 0.25) is 5.88 Å². The lowest BCUT2D eigenvalue weighted by Gasteiger charge is -2.08. The van der Waals surface area contributed by atoms with Gasteiger partial charge >= 0.3 is 0 Å². The van der Waals surface area contributed by atoms with Crippen molar-refractivity contribution in [3.8, 4) is 11.6 Å². The standard InChI is InChI=1S/C17H16N4O2S/c1-3-14-11(2)24-17(20-14)21-15(22)13-7-5-9-19-16(13)23-12-6-4-8-18-10-12/h4-10H,3H2,1-2H3,(H,20,21,22). The van der Waals surface area contributed by atoms with Crippen LogP contribution in [-0.4, -0.2) is 20.9 Å². The molecule has 0 radical (unpaired) electrons. The Hall–Kier alpha value is -2.80. The van der Waals surface area contributed by atoms with Crippen LogP contribution in [0.15, 0.2) is 42.9 Å². The minimum Gasteiger partial charge on any atom is -0.437 e. The van der Waals surface area contributed by atoms with Gasteiger partial charge in [0, 0.05) is 17.3 Å². The molecule has 1 amide bonds. The minimum absolute atomic E-state index is 0.229. The van der Waals surface area contributed by atoms with Gasteiger partial charge in [-0.3, -0.25) is 15.1 Å². The first kappa shape index (κ1) is 16.1. The van der Waals surface area contributed by atoms with Crippen LogP contribution >= 0.6 is 11.3 Å². The SMILES string of the molecule is CCc1nc(NC(=O)c2cccnc2Oc2cccnc2)sc1C. The van der Waals surface area contributed by atoms with Gasteiger partial charge in [-0.15, -0.1) is 11.3 Å². The lowest BCUT2D eigenvalue weighted by molar-refractivity contribution is 0.102. The second kappa shape index (κ2) is 7.18. The maximum atomic E-state index is 12.6. The van der Waals surface area contributed by atoms with Gasteiger partial charge in [0.25, 0.3) is 5.91 Å². The third-order valence-corrected chi connectivity index (χ3v) is 4.24. The zero-order chi connectivity index (χ0) is 16.9. The first-order chi connectivity index (χ1) is 11.7. The maximum Gasteiger partial charge on any atom is 0.262 e. The molecule has 0 aliphatic rings. The molecule has 0 bridgehead atoms. The van der Waals surface area contributed by atoms with Crippen LogP contribution in [-0.2, 0) is 6.42 Å². The van der Waals surface area contributed by atoms with Crippen molar-refractivity contribution in [1.29, 1.82) is 0 Å². The highest BCUT2D eigenvalue weighted by Crippen LogP contribution is 2.25. The average Bonchev–Trinajstić information content (AvgIpc) is 2.95. The van der Waals surface area contributed by atoms with Crippen molar-refractivity contribution in [2.45, 2.75) is 20.3 Å². The van der Waals surface area contributed by atoms with Gasteiger partial charge in [-0.1, -0.05) is 6.92 Å². The summed E-state index contributed by atoms with van der Waals surface area (Å²) >= 11 is 1.46. The normalized spacial score (nSPS) is 10.4. The summed E-state index contributed by atoms with van der Waals surface area (Å²) in [7, 11) is 0. The number of ether oxygens (including phenoxy) is 1. The molecule has 0 aliphatic heterocycles. The van der Waals surface area contributed by atoms with Gasteiger partial charge in [0.05, 0.1) is 11.9 Å². The molecule has 3 heterocycles. The first-order valence-electron chi connectivity index (χ1n) is 7.48. The van der Waals surface area contributed by atoms with Crippen molar-refractivity contribution >= 4 is 22.4 Å². The number of pyridine rings is 2. The summed E-state index contributed by atoms with van der Waals surface area (Å²) in [6, 6.07) is 6.86. The number of thiazole rings is 1. The zero-order valence-corrected chi connectivity index (χ0v) is 14.1. The molecule has 0 saturated carbocycles. The highest BCUT2D eigenvalue weighted by atomic mass is 32.1. The number of carbonyl (C=O) groups is 1. The predicted molar refractivity (Wildman–Crippen MR) is 92.7 cm³/mol. The number of carbonyl (C=O) groups excluding carboxylic acids is 1. The Morgan fingerprint density at radius 1 is 1.29 bits per heavy atom. The molecular weight excluding hydrogens is 324 g/mol. The summed E-state index contributed by atoms with van der Waals surface area (Å²) in [6.07, 6.45) is 5.62. The average molecular weight is 340 g/mol. The van der Waals surface area contributed by atoms with Crippen molar-refractivity contribution in [3.63, 3.8) is 0 Å². The Kier molecular flexibility index (Phi) is 4.81. The fraction of sp³-hybridized carbons (Fsp3) is 0.176. The van der Waals surface area contributed by atoms with Crippen LogP contribution in [0, 0.1) is 6.92 Å². The van der Waals surface area contributed by atoms with Gasteiger partial charge in [-0.05, 0) is 37.6 Å². The molecule has 0 fully saturated rings. The minimum atomic E-state index is -0.307. The lowest BCUT2D eigenvalue weighted by Crippen LogP contribution is -2.13. The van der Waals surface area contributed by atoms with Crippen LogP contribution in [0.3, 0.4) is 0 Å². The van der Waals surface area contributed by atoms with E-state index in [9.17, 15) is 4.79 Å². The number of amides is 1. The van der Waals surface area contributed by atoms with Gasteiger partial charge in [0.1, 0.15) is 11.3 Å². The Balaban J connectivity index is 1.82. The number of hydrogen-bond acceptors (Lipinski definition) is 6. The summed E-state index contributed by atoms with van der Waals surface area (Å²) < 4.78 is 5.67. The molecule has 3 aromatic rings. The Morgan fingerprint density at radius 3 is 2.83 bits per heavy atom. The molecular formula is C17H16N4O2S. The third-order valence-electron chi connectivity index (χ3n) is 3.31. The van der Waals surface area contributed by atoms with E-state index in [1.807, 2.05) is 13.8 Å². The van der Waals surface area contributed by atoms with E-state index >= 15 is 0 Å². The Morgan fingerprint density at radius 2 is 2.12 bits per heavy atom. The van der Waals surface area contributed by atoms with E-state index in [2.05, 4.69) is 20.3 Å². The summed E-state index contributed by atoms with van der Waals surface area (Å²) in [5.41, 5.74) is 1.33. The lowest BCUT2D eigenvalue weighted by atomic mass is 10.2. The summed E-state index contributed by atoms with van der Waals surface area (Å²) in [5, 5.41) is 3.39. The molecule has 0 atom stereocenters. The largest absolute Gasteiger partial charge is 0.437 e. The van der Waals surface area contributed by atoms with Crippen molar-refractivity contribution in [3.05, 3.63) is 59.0 Å². The topological polar surface area (TPSA) is 77.0 Å². The maximum absolute atomic E-state index is 12.6.